The van der Waals surface area contributed by atoms with Crippen LogP contribution in [0.3, 0.4) is 0 Å². The van der Waals surface area contributed by atoms with Crippen LogP contribution in [0.1, 0.15) is 24.8 Å². The second-order valence-corrected chi connectivity index (χ2v) is 4.97. The van der Waals surface area contributed by atoms with E-state index in [0.717, 1.165) is 29.9 Å². The van der Waals surface area contributed by atoms with Crippen molar-refractivity contribution < 1.29 is 14.3 Å². The van der Waals surface area contributed by atoms with Gasteiger partial charge in [0.1, 0.15) is 11.5 Å². The molecular formula is C15H23ClN2O3. The highest BCUT2D eigenvalue weighted by Gasteiger charge is 2.32. The Morgan fingerprint density at radius 1 is 1.33 bits per heavy atom. The number of nitrogens with two attached hydrogens (primary N) is 1. The standard InChI is InChI=1S/C15H22N2O3.ClH/c1-19-13-5-6-14(20-2)11(9-13)10-17(12-3-4-12)15(18)7-8-16;/h5-6,9,12H,3-4,7-8,10,16H2,1-2H3;1H. The second kappa shape index (κ2) is 8.10. The summed E-state index contributed by atoms with van der Waals surface area (Å²) in [5, 5.41) is 0. The Bertz CT molecular complexity index is 478. The number of halogens is 1. The van der Waals surface area contributed by atoms with Gasteiger partial charge >= 0.3 is 0 Å². The van der Waals surface area contributed by atoms with Crippen LogP contribution in [0, 0.1) is 0 Å². The van der Waals surface area contributed by atoms with Crippen LogP contribution in [0.15, 0.2) is 18.2 Å². The number of carbonyl (C=O) groups is 1. The van der Waals surface area contributed by atoms with E-state index in [1.165, 1.54) is 0 Å². The first-order valence-electron chi connectivity index (χ1n) is 6.90. The molecule has 1 fully saturated rings. The molecule has 118 valence electrons. The maximum Gasteiger partial charge on any atom is 0.224 e. The smallest absolute Gasteiger partial charge is 0.224 e. The Labute approximate surface area is 131 Å². The number of hydrogen-bond donors (Lipinski definition) is 1. The Morgan fingerprint density at radius 2 is 2.05 bits per heavy atom. The molecule has 0 saturated heterocycles. The summed E-state index contributed by atoms with van der Waals surface area (Å²) in [5.41, 5.74) is 6.45. The lowest BCUT2D eigenvalue weighted by molar-refractivity contribution is -0.132. The summed E-state index contributed by atoms with van der Waals surface area (Å²) in [6.45, 7) is 0.932. The number of amides is 1. The van der Waals surface area contributed by atoms with Gasteiger partial charge in [0.2, 0.25) is 5.91 Å². The molecule has 2 N–H and O–H groups in total. The first-order chi connectivity index (χ1) is 9.69. The molecule has 6 heteroatoms. The van der Waals surface area contributed by atoms with E-state index in [0.29, 0.717) is 25.6 Å². The molecule has 0 aliphatic heterocycles. The Hall–Kier alpha value is -1.46. The van der Waals surface area contributed by atoms with E-state index < -0.39 is 0 Å². The summed E-state index contributed by atoms with van der Waals surface area (Å²) in [6.07, 6.45) is 2.54. The molecule has 0 unspecified atom stereocenters. The fourth-order valence-corrected chi connectivity index (χ4v) is 2.26. The predicted molar refractivity (Wildman–Crippen MR) is 84.0 cm³/mol. The van der Waals surface area contributed by atoms with Crippen molar-refractivity contribution in [3.63, 3.8) is 0 Å². The lowest BCUT2D eigenvalue weighted by Gasteiger charge is -2.23. The summed E-state index contributed by atoms with van der Waals surface area (Å²) in [6, 6.07) is 5.99. The van der Waals surface area contributed by atoms with E-state index in [2.05, 4.69) is 0 Å². The third kappa shape index (κ3) is 4.51. The molecule has 1 aromatic carbocycles. The molecule has 1 saturated carbocycles. The number of hydrogen-bond acceptors (Lipinski definition) is 4. The minimum atomic E-state index is 0. The number of rotatable bonds is 7. The van der Waals surface area contributed by atoms with Gasteiger partial charge in [-0.1, -0.05) is 0 Å². The van der Waals surface area contributed by atoms with Crippen LogP contribution in [-0.2, 0) is 11.3 Å². The van der Waals surface area contributed by atoms with Gasteiger partial charge in [-0.3, -0.25) is 4.79 Å². The van der Waals surface area contributed by atoms with Crippen molar-refractivity contribution in [2.75, 3.05) is 20.8 Å². The predicted octanol–water partition coefficient (Wildman–Crippen LogP) is 1.97. The van der Waals surface area contributed by atoms with Crippen LogP contribution < -0.4 is 15.2 Å². The average molecular weight is 315 g/mol. The molecule has 21 heavy (non-hydrogen) atoms. The van der Waals surface area contributed by atoms with Crippen LogP contribution in [0.2, 0.25) is 0 Å². The van der Waals surface area contributed by atoms with Gasteiger partial charge in [-0.05, 0) is 31.0 Å². The lowest BCUT2D eigenvalue weighted by atomic mass is 10.1. The zero-order chi connectivity index (χ0) is 14.5. The van der Waals surface area contributed by atoms with Gasteiger partial charge in [-0.25, -0.2) is 0 Å². The molecule has 1 amide bonds. The average Bonchev–Trinajstić information content (AvgIpc) is 3.29. The summed E-state index contributed by atoms with van der Waals surface area (Å²) < 4.78 is 10.6. The number of ether oxygens (including phenoxy) is 2. The summed E-state index contributed by atoms with van der Waals surface area (Å²) in [7, 11) is 3.26. The second-order valence-electron chi connectivity index (χ2n) is 4.97. The maximum absolute atomic E-state index is 12.2. The minimum Gasteiger partial charge on any atom is -0.497 e. The molecule has 1 aliphatic rings. The largest absolute Gasteiger partial charge is 0.497 e. The van der Waals surface area contributed by atoms with E-state index in [4.69, 9.17) is 15.2 Å². The zero-order valence-electron chi connectivity index (χ0n) is 12.5. The molecular weight excluding hydrogens is 292 g/mol. The molecule has 0 aromatic heterocycles. The van der Waals surface area contributed by atoms with Gasteiger partial charge in [-0.15, -0.1) is 12.4 Å². The van der Waals surface area contributed by atoms with Gasteiger partial charge in [-0.2, -0.15) is 0 Å². The van der Waals surface area contributed by atoms with Crippen LogP contribution in [0.4, 0.5) is 0 Å². The quantitative estimate of drug-likeness (QED) is 0.835. The van der Waals surface area contributed by atoms with Crippen molar-refractivity contribution in [3.05, 3.63) is 23.8 Å². The molecule has 2 rings (SSSR count). The summed E-state index contributed by atoms with van der Waals surface area (Å²) >= 11 is 0. The summed E-state index contributed by atoms with van der Waals surface area (Å²) in [5.74, 6) is 1.65. The molecule has 0 spiro atoms. The van der Waals surface area contributed by atoms with Crippen molar-refractivity contribution in [2.45, 2.75) is 31.8 Å². The first-order valence-corrected chi connectivity index (χ1v) is 6.90. The van der Waals surface area contributed by atoms with Crippen molar-refractivity contribution >= 4 is 18.3 Å². The van der Waals surface area contributed by atoms with Crippen molar-refractivity contribution in [3.8, 4) is 11.5 Å². The van der Waals surface area contributed by atoms with E-state index in [1.54, 1.807) is 14.2 Å². The van der Waals surface area contributed by atoms with Gasteiger partial charge in [0, 0.05) is 31.1 Å². The summed E-state index contributed by atoms with van der Waals surface area (Å²) in [4.78, 5) is 14.1. The molecule has 0 atom stereocenters. The normalized spacial score (nSPS) is 13.3. The zero-order valence-corrected chi connectivity index (χ0v) is 13.3. The molecule has 0 heterocycles. The van der Waals surface area contributed by atoms with Crippen LogP contribution in [0.25, 0.3) is 0 Å². The van der Waals surface area contributed by atoms with Crippen LogP contribution in [-0.4, -0.2) is 37.6 Å². The van der Waals surface area contributed by atoms with Gasteiger partial charge < -0.3 is 20.1 Å². The highest BCUT2D eigenvalue weighted by molar-refractivity contribution is 5.85. The number of methoxy groups -OCH3 is 2. The lowest BCUT2D eigenvalue weighted by Crippen LogP contribution is -2.33. The minimum absolute atomic E-state index is 0. The van der Waals surface area contributed by atoms with Crippen LogP contribution in [0.5, 0.6) is 11.5 Å². The van der Waals surface area contributed by atoms with Crippen molar-refractivity contribution in [2.24, 2.45) is 5.73 Å². The highest BCUT2D eigenvalue weighted by atomic mass is 35.5. The number of nitrogens with zero attached hydrogens (tertiary/aromatic N) is 1. The first kappa shape index (κ1) is 17.6. The van der Waals surface area contributed by atoms with Gasteiger partial charge in [0.05, 0.1) is 14.2 Å². The molecule has 5 nitrogen and oxygen atoms in total. The highest BCUT2D eigenvalue weighted by Crippen LogP contribution is 2.32. The van der Waals surface area contributed by atoms with E-state index >= 15 is 0 Å². The topological polar surface area (TPSA) is 64.8 Å². The third-order valence-corrected chi connectivity index (χ3v) is 3.49. The molecule has 0 radical (unpaired) electrons. The molecule has 0 bridgehead atoms. The Kier molecular flexibility index (Phi) is 6.78. The van der Waals surface area contributed by atoms with Crippen LogP contribution >= 0.6 is 12.4 Å². The molecule has 1 aliphatic carbocycles. The monoisotopic (exact) mass is 314 g/mol. The van der Waals surface area contributed by atoms with Gasteiger partial charge in [0.25, 0.3) is 0 Å². The fraction of sp³-hybridized carbons (Fsp3) is 0.533. The Balaban J connectivity index is 0.00000220. The van der Waals surface area contributed by atoms with Crippen molar-refractivity contribution in [1.82, 2.24) is 4.90 Å². The van der Waals surface area contributed by atoms with Gasteiger partial charge in [0.15, 0.2) is 0 Å². The van der Waals surface area contributed by atoms with E-state index in [9.17, 15) is 4.79 Å². The maximum atomic E-state index is 12.2. The molecule has 1 aromatic rings. The van der Waals surface area contributed by atoms with Crippen molar-refractivity contribution in [1.29, 1.82) is 0 Å². The third-order valence-electron chi connectivity index (χ3n) is 3.49. The number of carbonyl (C=O) groups excluding carboxylic acids is 1. The van der Waals surface area contributed by atoms with E-state index in [-0.39, 0.29) is 18.3 Å². The number of benzene rings is 1. The Morgan fingerprint density at radius 3 is 2.57 bits per heavy atom. The SMILES string of the molecule is COc1ccc(OC)c(CN(C(=O)CCN)C2CC2)c1.Cl. The fourth-order valence-electron chi connectivity index (χ4n) is 2.26. The van der Waals surface area contributed by atoms with E-state index in [1.807, 2.05) is 23.1 Å².